The summed E-state index contributed by atoms with van der Waals surface area (Å²) < 4.78 is 99.1. The zero-order valence-electron chi connectivity index (χ0n) is 25.9. The van der Waals surface area contributed by atoms with E-state index in [1.807, 2.05) is 17.0 Å². The van der Waals surface area contributed by atoms with Gasteiger partial charge in [0.05, 0.1) is 31.0 Å². The first kappa shape index (κ1) is 34.6. The van der Waals surface area contributed by atoms with Gasteiger partial charge >= 0.3 is 12.1 Å². The van der Waals surface area contributed by atoms with Crippen molar-refractivity contribution in [3.63, 3.8) is 0 Å². The zero-order valence-corrected chi connectivity index (χ0v) is 25.9. The molecule has 1 saturated heterocycles. The first-order chi connectivity index (χ1) is 23.7. The van der Waals surface area contributed by atoms with E-state index in [-0.39, 0.29) is 5.82 Å². The van der Waals surface area contributed by atoms with Gasteiger partial charge in [0.25, 0.3) is 0 Å². The maximum Gasteiger partial charge on any atom is 0.392 e. The molecule has 2 atom stereocenters. The number of alkyl halides is 5. The zero-order chi connectivity index (χ0) is 35.7. The first-order valence-electron chi connectivity index (χ1n) is 15.1. The van der Waals surface area contributed by atoms with Gasteiger partial charge < -0.3 is 20.0 Å². The number of aromatic nitrogens is 7. The van der Waals surface area contributed by atoms with Crippen LogP contribution in [-0.2, 0) is 18.1 Å². The number of halogens is 7. The van der Waals surface area contributed by atoms with Crippen LogP contribution in [0.2, 0.25) is 0 Å². The summed E-state index contributed by atoms with van der Waals surface area (Å²) in [6.45, 7) is 1.37. The summed E-state index contributed by atoms with van der Waals surface area (Å²) >= 11 is 0. The Morgan fingerprint density at radius 3 is 1.96 bits per heavy atom. The molecule has 0 bridgehead atoms. The number of aliphatic hydroxyl groups excluding tert-OH is 1. The number of aliphatic hydroxyl groups is 2. The molecule has 18 heteroatoms. The molecule has 11 nitrogen and oxygen atoms in total. The number of anilines is 2. The molecule has 2 aromatic carbocycles. The van der Waals surface area contributed by atoms with E-state index in [9.17, 15) is 32.2 Å². The first-order valence-corrected chi connectivity index (χ1v) is 15.1. The number of nitrogens with zero attached hydrogens (tertiary/aromatic N) is 9. The van der Waals surface area contributed by atoms with Gasteiger partial charge in [-0.2, -0.15) is 22.0 Å². The van der Waals surface area contributed by atoms with Crippen molar-refractivity contribution >= 4 is 11.4 Å². The quantitative estimate of drug-likeness (QED) is 0.196. The van der Waals surface area contributed by atoms with Crippen molar-refractivity contribution in [3.05, 3.63) is 108 Å². The van der Waals surface area contributed by atoms with Crippen molar-refractivity contribution in [2.24, 2.45) is 0 Å². The Hall–Kier alpha value is -5.23. The van der Waals surface area contributed by atoms with Gasteiger partial charge in [-0.05, 0) is 46.3 Å². The van der Waals surface area contributed by atoms with Gasteiger partial charge in [0.2, 0.25) is 0 Å². The lowest BCUT2D eigenvalue weighted by atomic mass is 9.84. The Kier molecular flexibility index (Phi) is 9.41. The molecule has 3 aromatic heterocycles. The topological polar surface area (TPSA) is 129 Å². The van der Waals surface area contributed by atoms with Gasteiger partial charge in [0, 0.05) is 55.3 Å². The Labute approximate surface area is 279 Å². The third-order valence-corrected chi connectivity index (χ3v) is 8.36. The third-order valence-electron chi connectivity index (χ3n) is 8.36. The van der Waals surface area contributed by atoms with Crippen molar-refractivity contribution < 1.29 is 40.9 Å². The summed E-state index contributed by atoms with van der Waals surface area (Å²) in [5.74, 6) is -6.89. The van der Waals surface area contributed by atoms with Gasteiger partial charge in [0.1, 0.15) is 29.8 Å². The van der Waals surface area contributed by atoms with E-state index in [0.29, 0.717) is 49.1 Å². The second-order valence-corrected chi connectivity index (χ2v) is 11.7. The average molecular weight is 704 g/mol. The summed E-state index contributed by atoms with van der Waals surface area (Å²) in [4.78, 5) is 15.8. The maximum absolute atomic E-state index is 16.1. The summed E-state index contributed by atoms with van der Waals surface area (Å²) in [6, 6.07) is 11.6. The predicted octanol–water partition coefficient (Wildman–Crippen LogP) is 4.80. The summed E-state index contributed by atoms with van der Waals surface area (Å²) in [5, 5.41) is 31.4. The fraction of sp³-hybridized carbons (Fsp3) is 0.312. The molecule has 2 N–H and O–H groups in total. The lowest BCUT2D eigenvalue weighted by Crippen LogP contribution is -2.48. The highest BCUT2D eigenvalue weighted by Crippen LogP contribution is 2.47. The van der Waals surface area contributed by atoms with E-state index < -0.39 is 59.7 Å². The minimum absolute atomic E-state index is 0.300. The van der Waals surface area contributed by atoms with Crippen molar-refractivity contribution in [1.29, 1.82) is 0 Å². The molecule has 0 amide bonds. The summed E-state index contributed by atoms with van der Waals surface area (Å²) in [7, 11) is 0. The van der Waals surface area contributed by atoms with Gasteiger partial charge in [-0.1, -0.05) is 18.2 Å². The van der Waals surface area contributed by atoms with E-state index in [1.54, 1.807) is 12.1 Å². The Morgan fingerprint density at radius 1 is 0.760 bits per heavy atom. The number of tetrazole rings is 1. The van der Waals surface area contributed by atoms with Crippen LogP contribution in [0, 0.1) is 11.6 Å². The van der Waals surface area contributed by atoms with Crippen molar-refractivity contribution in [3.8, 4) is 11.1 Å². The normalized spacial score (nSPS) is 15.9. The van der Waals surface area contributed by atoms with Crippen LogP contribution in [0.25, 0.3) is 11.1 Å². The monoisotopic (exact) mass is 703 g/mol. The molecule has 1 fully saturated rings. The van der Waals surface area contributed by atoms with Crippen molar-refractivity contribution in [2.45, 2.75) is 36.8 Å². The molecule has 2 unspecified atom stereocenters. The highest BCUT2D eigenvalue weighted by Gasteiger charge is 2.58. The number of rotatable bonds is 10. The number of piperazine rings is 1. The van der Waals surface area contributed by atoms with E-state index in [4.69, 9.17) is 0 Å². The molecule has 1 aliphatic rings. The fourth-order valence-corrected chi connectivity index (χ4v) is 5.69. The van der Waals surface area contributed by atoms with Crippen LogP contribution in [0.4, 0.5) is 42.1 Å². The lowest BCUT2D eigenvalue weighted by molar-refractivity contribution is -0.207. The van der Waals surface area contributed by atoms with Crippen LogP contribution in [0.3, 0.4) is 0 Å². The standard InChI is InChI=1S/C32H28F7N9O2/c33-22-4-7-25(26(34)13-22)30(50,18-48-19-43-44-45-48)32(38,39)28-8-3-21(15-40-28)20-1-5-23(6-2-20)46-9-11-47(12-10-46)24-16-41-29(42-17-24)27(49)14-31(35,36)37/h1-8,13,15-17,19,27,49-50H,9-12,14,18H2. The largest absolute Gasteiger partial charge is 0.392 e. The van der Waals surface area contributed by atoms with E-state index in [1.165, 1.54) is 24.7 Å². The molecule has 4 heterocycles. The van der Waals surface area contributed by atoms with Crippen LogP contribution in [0.15, 0.2) is 79.5 Å². The molecule has 0 spiro atoms. The number of benzene rings is 2. The van der Waals surface area contributed by atoms with Gasteiger partial charge in [-0.3, -0.25) is 4.98 Å². The second-order valence-electron chi connectivity index (χ2n) is 11.7. The highest BCUT2D eigenvalue weighted by molar-refractivity contribution is 5.66. The Balaban J connectivity index is 1.12. The number of hydrogen-bond acceptors (Lipinski definition) is 10. The smallest absolute Gasteiger partial charge is 0.385 e. The van der Waals surface area contributed by atoms with Crippen LogP contribution in [0.1, 0.15) is 29.6 Å². The summed E-state index contributed by atoms with van der Waals surface area (Å²) in [5.41, 5.74) is -2.34. The Bertz CT molecular complexity index is 1890. The molecule has 5 aromatic rings. The van der Waals surface area contributed by atoms with Crippen molar-refractivity contribution in [2.75, 3.05) is 36.0 Å². The average Bonchev–Trinajstić information content (AvgIpc) is 3.60. The second kappa shape index (κ2) is 13.6. The van der Waals surface area contributed by atoms with Crippen molar-refractivity contribution in [1.82, 2.24) is 35.2 Å². The fourth-order valence-electron chi connectivity index (χ4n) is 5.69. The van der Waals surface area contributed by atoms with Crippen LogP contribution >= 0.6 is 0 Å². The minimum atomic E-state index is -4.54. The number of pyridine rings is 1. The molecule has 6 rings (SSSR count). The predicted molar refractivity (Wildman–Crippen MR) is 164 cm³/mol. The lowest BCUT2D eigenvalue weighted by Gasteiger charge is -2.37. The van der Waals surface area contributed by atoms with E-state index in [2.05, 4.69) is 35.4 Å². The molecular formula is C32H28F7N9O2. The third kappa shape index (κ3) is 7.20. The van der Waals surface area contributed by atoms with Crippen LogP contribution in [0.5, 0.6) is 0 Å². The van der Waals surface area contributed by atoms with Gasteiger partial charge in [-0.15, -0.1) is 5.10 Å². The van der Waals surface area contributed by atoms with E-state index in [0.717, 1.165) is 34.9 Å². The molecule has 0 radical (unpaired) electrons. The van der Waals surface area contributed by atoms with Gasteiger partial charge in [0.15, 0.2) is 11.4 Å². The van der Waals surface area contributed by atoms with E-state index >= 15 is 8.78 Å². The van der Waals surface area contributed by atoms with Crippen LogP contribution in [-0.4, -0.2) is 77.7 Å². The molecule has 0 aliphatic carbocycles. The molecule has 0 saturated carbocycles. The molecule has 1 aliphatic heterocycles. The molecule has 50 heavy (non-hydrogen) atoms. The molecular weight excluding hydrogens is 675 g/mol. The SMILES string of the molecule is OC(CC(F)(F)F)c1ncc(N2CCN(c3ccc(-c4ccc(C(F)(F)C(O)(Cn5cnnn5)c5ccc(F)cc5F)nc4)cc3)CC2)cn1. The molecule has 262 valence electrons. The number of hydrogen-bond donors (Lipinski definition) is 2. The minimum Gasteiger partial charge on any atom is -0.385 e. The van der Waals surface area contributed by atoms with Crippen LogP contribution < -0.4 is 9.80 Å². The Morgan fingerprint density at radius 2 is 1.40 bits per heavy atom. The van der Waals surface area contributed by atoms with Gasteiger partial charge in [-0.25, -0.2) is 23.4 Å². The highest BCUT2D eigenvalue weighted by atomic mass is 19.4. The maximum atomic E-state index is 16.1. The summed E-state index contributed by atoms with van der Waals surface area (Å²) in [6.07, 6.45) is -2.88.